The van der Waals surface area contributed by atoms with E-state index in [2.05, 4.69) is 0 Å². The maximum Gasteiger partial charge on any atom is 0.285 e. The summed E-state index contributed by atoms with van der Waals surface area (Å²) in [5, 5.41) is 2.16. The van der Waals surface area contributed by atoms with Crippen molar-refractivity contribution in [3.8, 4) is 0 Å². The maximum atomic E-state index is 11.5. The summed E-state index contributed by atoms with van der Waals surface area (Å²) >= 11 is 0. The first kappa shape index (κ1) is 11.3. The number of carbonyl (C=O) groups excluding carboxylic acids is 2. The lowest BCUT2D eigenvalue weighted by molar-refractivity contribution is -0.136. The van der Waals surface area contributed by atoms with Gasteiger partial charge in [0.05, 0.1) is 0 Å². The van der Waals surface area contributed by atoms with E-state index in [1.807, 2.05) is 42.5 Å². The van der Waals surface area contributed by atoms with Crippen LogP contribution in [0.5, 0.6) is 0 Å². The molecule has 1 amide bonds. The van der Waals surface area contributed by atoms with E-state index in [9.17, 15) is 9.59 Å². The number of Topliss-reactive ketones (excluding diaryl/α,β-unsaturated/α-hetero) is 1. The topological polar surface area (TPSA) is 60.2 Å². The molecule has 2 rings (SSSR count). The van der Waals surface area contributed by atoms with Gasteiger partial charge in [-0.05, 0) is 16.3 Å². The van der Waals surface area contributed by atoms with E-state index in [0.717, 1.165) is 16.3 Å². The quantitative estimate of drug-likeness (QED) is 0.815. The second-order valence-corrected chi connectivity index (χ2v) is 4.06. The molecule has 0 bridgehead atoms. The number of fused-ring (bicyclic) bond motifs is 1. The number of rotatable bonds is 3. The molecule has 17 heavy (non-hydrogen) atoms. The Bertz CT molecular complexity index is 590. The van der Waals surface area contributed by atoms with Crippen LogP contribution in [0, 0.1) is 0 Å². The summed E-state index contributed by atoms with van der Waals surface area (Å²) in [4.78, 5) is 22.4. The number of hydrogen-bond donors (Lipinski definition) is 1. The zero-order chi connectivity index (χ0) is 12.4. The fourth-order valence-electron chi connectivity index (χ4n) is 1.84. The van der Waals surface area contributed by atoms with E-state index in [1.54, 1.807) is 6.92 Å². The predicted molar refractivity (Wildman–Crippen MR) is 66.6 cm³/mol. The van der Waals surface area contributed by atoms with Crippen molar-refractivity contribution in [3.05, 3.63) is 48.0 Å². The van der Waals surface area contributed by atoms with E-state index < -0.39 is 17.6 Å². The molecule has 2 aromatic rings. The summed E-state index contributed by atoms with van der Waals surface area (Å²) < 4.78 is 0. The van der Waals surface area contributed by atoms with E-state index >= 15 is 0 Å². The zero-order valence-corrected chi connectivity index (χ0v) is 9.51. The van der Waals surface area contributed by atoms with Crippen LogP contribution in [-0.2, 0) is 9.59 Å². The number of carbonyl (C=O) groups is 2. The van der Waals surface area contributed by atoms with Crippen LogP contribution in [-0.4, -0.2) is 11.7 Å². The Morgan fingerprint density at radius 2 is 1.71 bits per heavy atom. The Kier molecular flexibility index (Phi) is 2.91. The first-order valence-electron chi connectivity index (χ1n) is 5.42. The van der Waals surface area contributed by atoms with Crippen molar-refractivity contribution in [2.75, 3.05) is 0 Å². The van der Waals surface area contributed by atoms with Crippen LogP contribution in [0.3, 0.4) is 0 Å². The van der Waals surface area contributed by atoms with Crippen molar-refractivity contribution in [2.24, 2.45) is 5.73 Å². The molecule has 0 fully saturated rings. The van der Waals surface area contributed by atoms with Gasteiger partial charge >= 0.3 is 0 Å². The minimum Gasteiger partial charge on any atom is -0.363 e. The molecule has 0 aliphatic rings. The molecule has 2 N–H and O–H groups in total. The molecular formula is C14H13NO2. The zero-order valence-electron chi connectivity index (χ0n) is 9.51. The van der Waals surface area contributed by atoms with E-state index in [-0.39, 0.29) is 0 Å². The van der Waals surface area contributed by atoms with E-state index in [0.29, 0.717) is 0 Å². The van der Waals surface area contributed by atoms with Crippen LogP contribution in [0.4, 0.5) is 0 Å². The summed E-state index contributed by atoms with van der Waals surface area (Å²) in [6.07, 6.45) is 0. The van der Waals surface area contributed by atoms with Gasteiger partial charge in [-0.3, -0.25) is 9.59 Å². The number of ketones is 1. The first-order chi connectivity index (χ1) is 8.09. The summed E-state index contributed by atoms with van der Waals surface area (Å²) in [7, 11) is 0. The van der Waals surface area contributed by atoms with Gasteiger partial charge in [-0.25, -0.2) is 0 Å². The number of hydrogen-bond acceptors (Lipinski definition) is 2. The average molecular weight is 227 g/mol. The van der Waals surface area contributed by atoms with Gasteiger partial charge in [-0.2, -0.15) is 0 Å². The third-order valence-electron chi connectivity index (χ3n) is 2.91. The molecule has 0 saturated carbocycles. The van der Waals surface area contributed by atoms with Crippen LogP contribution in [0.15, 0.2) is 42.5 Å². The third kappa shape index (κ3) is 2.18. The molecule has 1 unspecified atom stereocenters. The standard InChI is InChI=1S/C14H13NO2/c1-9(13(16)14(15)17)11-7-6-10-4-2-3-5-12(10)8-11/h2-9H,1H3,(H2,15,17). The summed E-state index contributed by atoms with van der Waals surface area (Å²) in [5.74, 6) is -1.93. The third-order valence-corrected chi connectivity index (χ3v) is 2.91. The predicted octanol–water partition coefficient (Wildman–Crippen LogP) is 2.00. The Balaban J connectivity index is 2.43. The van der Waals surface area contributed by atoms with E-state index in [4.69, 9.17) is 5.73 Å². The van der Waals surface area contributed by atoms with Crippen molar-refractivity contribution in [3.63, 3.8) is 0 Å². The number of nitrogens with two attached hydrogens (primary N) is 1. The van der Waals surface area contributed by atoms with Gasteiger partial charge in [-0.15, -0.1) is 0 Å². The molecule has 0 aromatic heterocycles. The highest BCUT2D eigenvalue weighted by molar-refractivity contribution is 6.37. The molecule has 3 heteroatoms. The summed E-state index contributed by atoms with van der Waals surface area (Å²) in [5.41, 5.74) is 5.81. The normalized spacial score (nSPS) is 12.3. The molecule has 0 saturated heterocycles. The highest BCUT2D eigenvalue weighted by Gasteiger charge is 2.20. The molecule has 3 nitrogen and oxygen atoms in total. The lowest BCUT2D eigenvalue weighted by Crippen LogP contribution is -2.27. The van der Waals surface area contributed by atoms with Crippen molar-refractivity contribution in [1.29, 1.82) is 0 Å². The highest BCUT2D eigenvalue weighted by atomic mass is 16.2. The maximum absolute atomic E-state index is 11.5. The molecule has 0 heterocycles. The van der Waals surface area contributed by atoms with Gasteiger partial charge in [0, 0.05) is 5.92 Å². The van der Waals surface area contributed by atoms with Gasteiger partial charge in [0.15, 0.2) is 0 Å². The van der Waals surface area contributed by atoms with Crippen molar-refractivity contribution in [1.82, 2.24) is 0 Å². The van der Waals surface area contributed by atoms with Gasteiger partial charge in [-0.1, -0.05) is 49.4 Å². The fraction of sp³-hybridized carbons (Fsp3) is 0.143. The van der Waals surface area contributed by atoms with Gasteiger partial charge in [0.1, 0.15) is 0 Å². The second-order valence-electron chi connectivity index (χ2n) is 4.06. The fourth-order valence-corrected chi connectivity index (χ4v) is 1.84. The van der Waals surface area contributed by atoms with Crippen LogP contribution in [0.2, 0.25) is 0 Å². The lowest BCUT2D eigenvalue weighted by atomic mass is 9.94. The van der Waals surface area contributed by atoms with Crippen LogP contribution < -0.4 is 5.73 Å². The molecule has 0 spiro atoms. The Hall–Kier alpha value is -2.16. The summed E-state index contributed by atoms with van der Waals surface area (Å²) in [6, 6.07) is 13.6. The van der Waals surface area contributed by atoms with Crippen molar-refractivity contribution < 1.29 is 9.59 Å². The van der Waals surface area contributed by atoms with Gasteiger partial charge < -0.3 is 5.73 Å². The number of benzene rings is 2. The monoisotopic (exact) mass is 227 g/mol. The number of primary amides is 1. The minimum absolute atomic E-state index is 0.489. The molecule has 1 atom stereocenters. The smallest absolute Gasteiger partial charge is 0.285 e. The molecule has 2 aromatic carbocycles. The average Bonchev–Trinajstić information content (AvgIpc) is 2.36. The van der Waals surface area contributed by atoms with Crippen molar-refractivity contribution >= 4 is 22.5 Å². The highest BCUT2D eigenvalue weighted by Crippen LogP contribution is 2.22. The van der Waals surface area contributed by atoms with Gasteiger partial charge in [0.2, 0.25) is 5.78 Å². The summed E-state index contributed by atoms with van der Waals surface area (Å²) in [6.45, 7) is 1.69. The van der Waals surface area contributed by atoms with Crippen LogP contribution in [0.1, 0.15) is 18.4 Å². The molecule has 86 valence electrons. The number of amides is 1. The SMILES string of the molecule is CC(C(=O)C(N)=O)c1ccc2ccccc2c1. The molecule has 0 aliphatic heterocycles. The second kappa shape index (κ2) is 4.37. The largest absolute Gasteiger partial charge is 0.363 e. The van der Waals surface area contributed by atoms with Crippen LogP contribution >= 0.6 is 0 Å². The Labute approximate surface area is 99.2 Å². The molecule has 0 aliphatic carbocycles. The molecular weight excluding hydrogens is 214 g/mol. The van der Waals surface area contributed by atoms with Gasteiger partial charge in [0.25, 0.3) is 5.91 Å². The Morgan fingerprint density at radius 3 is 2.35 bits per heavy atom. The minimum atomic E-state index is -0.884. The lowest BCUT2D eigenvalue weighted by Gasteiger charge is -2.09. The van der Waals surface area contributed by atoms with E-state index in [1.165, 1.54) is 0 Å². The van der Waals surface area contributed by atoms with Crippen LogP contribution in [0.25, 0.3) is 10.8 Å². The first-order valence-corrected chi connectivity index (χ1v) is 5.42. The molecule has 0 radical (unpaired) electrons. The Morgan fingerprint density at radius 1 is 1.06 bits per heavy atom. The van der Waals surface area contributed by atoms with Crippen molar-refractivity contribution in [2.45, 2.75) is 12.8 Å².